The number of carbonyl (C=O) groups is 1. The van der Waals surface area contributed by atoms with Crippen molar-refractivity contribution in [1.29, 1.82) is 0 Å². The quantitative estimate of drug-likeness (QED) is 0.493. The van der Waals surface area contributed by atoms with Crippen molar-refractivity contribution in [2.45, 2.75) is 29.6 Å². The summed E-state index contributed by atoms with van der Waals surface area (Å²) in [7, 11) is -7.59. The molecule has 0 aliphatic carbocycles. The SMILES string of the molecule is Cc1ccc(S(=O)(=O)N2CCCC(C(=O)Nc3ccc(S(=O)(=O)Nc4ncccn4)cc3)C2)cc1. The minimum absolute atomic E-state index is 0.0176. The summed E-state index contributed by atoms with van der Waals surface area (Å²) in [5.41, 5.74) is 1.37. The predicted octanol–water partition coefficient (Wildman–Crippen LogP) is 2.63. The lowest BCUT2D eigenvalue weighted by atomic mass is 9.99. The number of nitrogens with zero attached hydrogens (tertiary/aromatic N) is 3. The van der Waals surface area contributed by atoms with Crippen molar-refractivity contribution in [3.63, 3.8) is 0 Å². The number of sulfonamides is 2. The fraction of sp³-hybridized carbons (Fsp3) is 0.261. The molecule has 4 rings (SSSR count). The molecule has 1 unspecified atom stereocenters. The van der Waals surface area contributed by atoms with Gasteiger partial charge in [-0.25, -0.2) is 31.5 Å². The number of amides is 1. The minimum Gasteiger partial charge on any atom is -0.326 e. The highest BCUT2D eigenvalue weighted by atomic mass is 32.2. The molecule has 1 saturated heterocycles. The van der Waals surface area contributed by atoms with Gasteiger partial charge in [-0.2, -0.15) is 4.31 Å². The van der Waals surface area contributed by atoms with Crippen molar-refractivity contribution in [2.24, 2.45) is 5.92 Å². The summed E-state index contributed by atoms with van der Waals surface area (Å²) in [4.78, 5) is 20.7. The maximum atomic E-state index is 13.0. The van der Waals surface area contributed by atoms with Gasteiger partial charge in [0.05, 0.1) is 15.7 Å². The molecule has 1 fully saturated rings. The van der Waals surface area contributed by atoms with Crippen LogP contribution in [0.15, 0.2) is 76.8 Å². The third-order valence-electron chi connectivity index (χ3n) is 5.64. The van der Waals surface area contributed by atoms with Gasteiger partial charge in [-0.15, -0.1) is 0 Å². The molecule has 2 heterocycles. The molecule has 12 heteroatoms. The molecule has 3 aromatic rings. The number of hydrogen-bond donors (Lipinski definition) is 2. The zero-order valence-electron chi connectivity index (χ0n) is 19.0. The van der Waals surface area contributed by atoms with Crippen LogP contribution in [-0.4, -0.2) is 50.1 Å². The van der Waals surface area contributed by atoms with Crippen molar-refractivity contribution in [3.8, 4) is 0 Å². The van der Waals surface area contributed by atoms with Gasteiger partial charge >= 0.3 is 0 Å². The molecule has 1 amide bonds. The Balaban J connectivity index is 1.41. The average molecular weight is 516 g/mol. The van der Waals surface area contributed by atoms with E-state index in [1.807, 2.05) is 6.92 Å². The fourth-order valence-corrected chi connectivity index (χ4v) is 6.21. The van der Waals surface area contributed by atoms with Crippen molar-refractivity contribution in [2.75, 3.05) is 23.1 Å². The van der Waals surface area contributed by atoms with Crippen LogP contribution in [-0.2, 0) is 24.8 Å². The maximum absolute atomic E-state index is 13.0. The Morgan fingerprint density at radius 3 is 2.23 bits per heavy atom. The lowest BCUT2D eigenvalue weighted by Gasteiger charge is -2.31. The highest BCUT2D eigenvalue weighted by molar-refractivity contribution is 7.92. The Bertz CT molecular complexity index is 1390. The van der Waals surface area contributed by atoms with Crippen LogP contribution in [0.4, 0.5) is 11.6 Å². The molecule has 0 bridgehead atoms. The van der Waals surface area contributed by atoms with Gasteiger partial charge in [0.25, 0.3) is 10.0 Å². The first kappa shape index (κ1) is 24.8. The standard InChI is InChI=1S/C23H25N5O5S2/c1-17-5-9-21(10-6-17)35(32,33)28-15-2-4-18(16-28)22(29)26-19-7-11-20(12-8-19)34(30,31)27-23-24-13-3-14-25-23/h3,5-14,18H,2,4,15-16H2,1H3,(H,26,29)(H,24,25,27). The molecular formula is C23H25N5O5S2. The average Bonchev–Trinajstić information content (AvgIpc) is 2.85. The van der Waals surface area contributed by atoms with E-state index in [-0.39, 0.29) is 28.2 Å². The third kappa shape index (κ3) is 5.84. The highest BCUT2D eigenvalue weighted by Crippen LogP contribution is 2.25. The maximum Gasteiger partial charge on any atom is 0.264 e. The number of piperidine rings is 1. The zero-order chi connectivity index (χ0) is 25.1. The molecule has 1 aliphatic rings. The predicted molar refractivity (Wildman–Crippen MR) is 131 cm³/mol. The molecule has 35 heavy (non-hydrogen) atoms. The van der Waals surface area contributed by atoms with E-state index in [0.29, 0.717) is 25.1 Å². The lowest BCUT2D eigenvalue weighted by molar-refractivity contribution is -0.120. The van der Waals surface area contributed by atoms with E-state index >= 15 is 0 Å². The van der Waals surface area contributed by atoms with E-state index in [2.05, 4.69) is 20.0 Å². The Labute approximate surface area is 204 Å². The molecule has 2 aromatic carbocycles. The molecule has 0 spiro atoms. The van der Waals surface area contributed by atoms with Gasteiger partial charge in [-0.05, 0) is 62.2 Å². The molecular weight excluding hydrogens is 490 g/mol. The normalized spacial score (nSPS) is 17.0. The summed E-state index contributed by atoms with van der Waals surface area (Å²) < 4.78 is 54.7. The number of aromatic nitrogens is 2. The first-order valence-corrected chi connectivity index (χ1v) is 13.8. The Morgan fingerprint density at radius 1 is 0.943 bits per heavy atom. The number of anilines is 2. The topological polar surface area (TPSA) is 138 Å². The van der Waals surface area contributed by atoms with Crippen LogP contribution in [0, 0.1) is 12.8 Å². The summed E-state index contributed by atoms with van der Waals surface area (Å²) in [6, 6.07) is 13.9. The number of carbonyl (C=O) groups excluding carboxylic acids is 1. The smallest absolute Gasteiger partial charge is 0.264 e. The number of nitrogens with one attached hydrogen (secondary N) is 2. The van der Waals surface area contributed by atoms with Gasteiger partial charge in [0.15, 0.2) is 0 Å². The minimum atomic E-state index is -3.89. The number of hydrogen-bond acceptors (Lipinski definition) is 7. The summed E-state index contributed by atoms with van der Waals surface area (Å²) in [5.74, 6) is -0.892. The highest BCUT2D eigenvalue weighted by Gasteiger charge is 2.33. The van der Waals surface area contributed by atoms with Crippen LogP contribution >= 0.6 is 0 Å². The molecule has 1 aromatic heterocycles. The lowest BCUT2D eigenvalue weighted by Crippen LogP contribution is -2.43. The Morgan fingerprint density at radius 2 is 1.57 bits per heavy atom. The second kappa shape index (κ2) is 10.1. The van der Waals surface area contributed by atoms with Crippen LogP contribution < -0.4 is 10.0 Å². The first-order valence-electron chi connectivity index (χ1n) is 10.9. The van der Waals surface area contributed by atoms with Crippen LogP contribution in [0.1, 0.15) is 18.4 Å². The molecule has 2 N–H and O–H groups in total. The van der Waals surface area contributed by atoms with Gasteiger partial charge in [-0.1, -0.05) is 17.7 Å². The van der Waals surface area contributed by atoms with Gasteiger partial charge in [-0.3, -0.25) is 4.79 Å². The molecule has 0 saturated carbocycles. The molecule has 10 nitrogen and oxygen atoms in total. The Kier molecular flexibility index (Phi) is 7.15. The van der Waals surface area contributed by atoms with E-state index in [4.69, 9.17) is 0 Å². The third-order valence-corrected chi connectivity index (χ3v) is 8.86. The van der Waals surface area contributed by atoms with Crippen LogP contribution in [0.25, 0.3) is 0 Å². The molecule has 1 atom stereocenters. The monoisotopic (exact) mass is 515 g/mol. The van der Waals surface area contributed by atoms with E-state index in [0.717, 1.165) is 5.56 Å². The number of benzene rings is 2. The van der Waals surface area contributed by atoms with Crippen molar-refractivity contribution < 1.29 is 21.6 Å². The fourth-order valence-electron chi connectivity index (χ4n) is 3.73. The van der Waals surface area contributed by atoms with Crippen LogP contribution in [0.2, 0.25) is 0 Å². The van der Waals surface area contributed by atoms with Gasteiger partial charge in [0.1, 0.15) is 0 Å². The van der Waals surface area contributed by atoms with E-state index < -0.39 is 26.0 Å². The van der Waals surface area contributed by atoms with Crippen molar-refractivity contribution in [1.82, 2.24) is 14.3 Å². The largest absolute Gasteiger partial charge is 0.326 e. The summed E-state index contributed by atoms with van der Waals surface area (Å²) in [6.07, 6.45) is 3.95. The number of aryl methyl sites for hydroxylation is 1. The van der Waals surface area contributed by atoms with Crippen LogP contribution in [0.3, 0.4) is 0 Å². The summed E-state index contributed by atoms with van der Waals surface area (Å²) in [5, 5.41) is 2.76. The summed E-state index contributed by atoms with van der Waals surface area (Å²) in [6.45, 7) is 2.31. The second-order valence-corrected chi connectivity index (χ2v) is 11.8. The van der Waals surface area contributed by atoms with Crippen molar-refractivity contribution >= 4 is 37.6 Å². The molecule has 1 aliphatic heterocycles. The van der Waals surface area contributed by atoms with Gasteiger partial charge in [0, 0.05) is 31.2 Å². The van der Waals surface area contributed by atoms with E-state index in [9.17, 15) is 21.6 Å². The van der Waals surface area contributed by atoms with Gasteiger partial charge < -0.3 is 5.32 Å². The molecule has 184 valence electrons. The van der Waals surface area contributed by atoms with E-state index in [1.54, 1.807) is 30.3 Å². The van der Waals surface area contributed by atoms with Crippen LogP contribution in [0.5, 0.6) is 0 Å². The summed E-state index contributed by atoms with van der Waals surface area (Å²) >= 11 is 0. The van der Waals surface area contributed by atoms with Crippen molar-refractivity contribution in [3.05, 3.63) is 72.6 Å². The Hall–Kier alpha value is -3.35. The molecule has 0 radical (unpaired) electrons. The number of rotatable bonds is 7. The van der Waals surface area contributed by atoms with Gasteiger partial charge in [0.2, 0.25) is 21.9 Å². The zero-order valence-corrected chi connectivity index (χ0v) is 20.6. The van der Waals surface area contributed by atoms with E-state index in [1.165, 1.54) is 41.0 Å². The second-order valence-electron chi connectivity index (χ2n) is 8.21. The first-order chi connectivity index (χ1) is 16.6.